The van der Waals surface area contributed by atoms with E-state index in [2.05, 4.69) is 50.4 Å². The highest BCUT2D eigenvalue weighted by atomic mass is 16.5. The van der Waals surface area contributed by atoms with Gasteiger partial charge in [0.05, 0.1) is 21.3 Å². The van der Waals surface area contributed by atoms with Crippen molar-refractivity contribution in [3.8, 4) is 17.2 Å². The number of ether oxygens (including phenoxy) is 3. The van der Waals surface area contributed by atoms with E-state index in [4.69, 9.17) is 14.2 Å². The highest BCUT2D eigenvalue weighted by molar-refractivity contribution is 5.53. The molecule has 0 amide bonds. The number of benzene rings is 2. The molecule has 1 unspecified atom stereocenters. The summed E-state index contributed by atoms with van der Waals surface area (Å²) in [6.45, 7) is 7.38. The average molecular weight is 357 g/mol. The molecule has 0 aliphatic heterocycles. The minimum Gasteiger partial charge on any atom is -0.493 e. The Morgan fingerprint density at radius 3 is 1.85 bits per heavy atom. The van der Waals surface area contributed by atoms with Crippen LogP contribution in [-0.4, -0.2) is 21.3 Å². The number of methoxy groups -OCH3 is 3. The molecule has 4 heteroatoms. The van der Waals surface area contributed by atoms with Gasteiger partial charge in [-0.2, -0.15) is 0 Å². The lowest BCUT2D eigenvalue weighted by molar-refractivity contribution is 0.323. The van der Waals surface area contributed by atoms with Gasteiger partial charge in [-0.1, -0.05) is 38.1 Å². The van der Waals surface area contributed by atoms with Crippen molar-refractivity contribution in [1.29, 1.82) is 0 Å². The van der Waals surface area contributed by atoms with Gasteiger partial charge >= 0.3 is 0 Å². The normalized spacial score (nSPS) is 12.1. The van der Waals surface area contributed by atoms with Gasteiger partial charge in [0.25, 0.3) is 0 Å². The molecule has 4 nitrogen and oxygen atoms in total. The quantitative estimate of drug-likeness (QED) is 0.702. The number of rotatable bonds is 9. The summed E-state index contributed by atoms with van der Waals surface area (Å²) < 4.78 is 16.2. The number of nitrogens with one attached hydrogen (secondary N) is 1. The van der Waals surface area contributed by atoms with Crippen LogP contribution in [0.2, 0.25) is 0 Å². The van der Waals surface area contributed by atoms with Crippen LogP contribution in [0.3, 0.4) is 0 Å². The van der Waals surface area contributed by atoms with Crippen molar-refractivity contribution in [1.82, 2.24) is 5.32 Å². The first-order valence-electron chi connectivity index (χ1n) is 9.09. The molecule has 0 radical (unpaired) electrons. The highest BCUT2D eigenvalue weighted by Gasteiger charge is 2.14. The lowest BCUT2D eigenvalue weighted by atomic mass is 10.00. The maximum Gasteiger partial charge on any atom is 0.203 e. The number of hydrogen-bond acceptors (Lipinski definition) is 4. The van der Waals surface area contributed by atoms with E-state index < -0.39 is 0 Å². The first-order valence-corrected chi connectivity index (χ1v) is 9.09. The molecule has 26 heavy (non-hydrogen) atoms. The van der Waals surface area contributed by atoms with E-state index in [1.807, 2.05) is 12.1 Å². The largest absolute Gasteiger partial charge is 0.493 e. The van der Waals surface area contributed by atoms with Gasteiger partial charge in [0, 0.05) is 12.6 Å². The fourth-order valence-corrected chi connectivity index (χ4v) is 3.04. The van der Waals surface area contributed by atoms with Crippen molar-refractivity contribution < 1.29 is 14.2 Å². The van der Waals surface area contributed by atoms with Gasteiger partial charge < -0.3 is 19.5 Å². The second kappa shape index (κ2) is 9.48. The van der Waals surface area contributed by atoms with Crippen LogP contribution in [-0.2, 0) is 13.0 Å². The summed E-state index contributed by atoms with van der Waals surface area (Å²) in [5, 5.41) is 3.56. The Hall–Kier alpha value is -2.20. The lowest BCUT2D eigenvalue weighted by Gasteiger charge is -2.17. The standard InChI is InChI=1S/C22H31NO3/c1-15(2)11-17-7-9-19(10-8-17)16(3)23-14-18-12-20(24-4)22(26-6)21(13-18)25-5/h7-10,12-13,15-16,23H,11,14H2,1-6H3. The smallest absolute Gasteiger partial charge is 0.203 e. The van der Waals surface area contributed by atoms with Gasteiger partial charge in [-0.3, -0.25) is 0 Å². The second-order valence-corrected chi connectivity index (χ2v) is 6.98. The topological polar surface area (TPSA) is 39.7 Å². The minimum atomic E-state index is 0.252. The van der Waals surface area contributed by atoms with Crippen LogP contribution in [0.15, 0.2) is 36.4 Å². The molecule has 1 N–H and O–H groups in total. The molecule has 2 rings (SSSR count). The summed E-state index contributed by atoms with van der Waals surface area (Å²) in [6, 6.07) is 13.1. The molecule has 142 valence electrons. The summed E-state index contributed by atoms with van der Waals surface area (Å²) in [5.41, 5.74) is 3.76. The fraction of sp³-hybridized carbons (Fsp3) is 0.455. The van der Waals surface area contributed by atoms with Gasteiger partial charge in [0.2, 0.25) is 5.75 Å². The van der Waals surface area contributed by atoms with E-state index in [-0.39, 0.29) is 6.04 Å². The van der Waals surface area contributed by atoms with E-state index in [0.717, 1.165) is 12.0 Å². The Balaban J connectivity index is 2.05. The van der Waals surface area contributed by atoms with Crippen LogP contribution in [0.1, 0.15) is 43.5 Å². The Morgan fingerprint density at radius 2 is 1.38 bits per heavy atom. The maximum atomic E-state index is 5.42. The van der Waals surface area contributed by atoms with E-state index in [9.17, 15) is 0 Å². The van der Waals surface area contributed by atoms with E-state index in [0.29, 0.717) is 29.7 Å². The van der Waals surface area contributed by atoms with Crippen LogP contribution in [0.5, 0.6) is 17.2 Å². The van der Waals surface area contributed by atoms with E-state index in [1.165, 1.54) is 11.1 Å². The second-order valence-electron chi connectivity index (χ2n) is 6.98. The predicted molar refractivity (Wildman–Crippen MR) is 106 cm³/mol. The zero-order chi connectivity index (χ0) is 19.1. The first-order chi connectivity index (χ1) is 12.5. The molecule has 0 bridgehead atoms. The lowest BCUT2D eigenvalue weighted by Crippen LogP contribution is -2.18. The van der Waals surface area contributed by atoms with Gasteiger partial charge in [-0.05, 0) is 48.1 Å². The molecule has 1 atom stereocenters. The third-order valence-electron chi connectivity index (χ3n) is 4.46. The van der Waals surface area contributed by atoms with Crippen molar-refractivity contribution >= 4 is 0 Å². The minimum absolute atomic E-state index is 0.252. The van der Waals surface area contributed by atoms with Gasteiger partial charge in [0.1, 0.15) is 0 Å². The van der Waals surface area contributed by atoms with Crippen molar-refractivity contribution in [2.45, 2.75) is 39.8 Å². The van der Waals surface area contributed by atoms with E-state index >= 15 is 0 Å². The molecular weight excluding hydrogens is 326 g/mol. The average Bonchev–Trinajstić information content (AvgIpc) is 2.65. The summed E-state index contributed by atoms with van der Waals surface area (Å²) >= 11 is 0. The zero-order valence-corrected chi connectivity index (χ0v) is 16.8. The molecule has 0 heterocycles. The monoisotopic (exact) mass is 357 g/mol. The molecule has 2 aromatic rings. The molecule has 2 aromatic carbocycles. The van der Waals surface area contributed by atoms with Crippen molar-refractivity contribution in [3.05, 3.63) is 53.1 Å². The van der Waals surface area contributed by atoms with Gasteiger partial charge in [0.15, 0.2) is 11.5 Å². The van der Waals surface area contributed by atoms with Crippen LogP contribution in [0, 0.1) is 5.92 Å². The summed E-state index contributed by atoms with van der Waals surface area (Å²) in [6.07, 6.45) is 1.12. The summed E-state index contributed by atoms with van der Waals surface area (Å²) in [5.74, 6) is 2.65. The van der Waals surface area contributed by atoms with Gasteiger partial charge in [-0.25, -0.2) is 0 Å². The maximum absolute atomic E-state index is 5.42. The molecule has 0 fully saturated rings. The highest BCUT2D eigenvalue weighted by Crippen LogP contribution is 2.38. The summed E-state index contributed by atoms with van der Waals surface area (Å²) in [4.78, 5) is 0. The fourth-order valence-electron chi connectivity index (χ4n) is 3.04. The van der Waals surface area contributed by atoms with Gasteiger partial charge in [-0.15, -0.1) is 0 Å². The van der Waals surface area contributed by atoms with Crippen molar-refractivity contribution in [3.63, 3.8) is 0 Å². The Labute approximate surface area is 157 Å². The third kappa shape index (κ3) is 5.15. The molecule has 0 aromatic heterocycles. The number of hydrogen-bond donors (Lipinski definition) is 1. The molecule has 0 spiro atoms. The van der Waals surface area contributed by atoms with Crippen molar-refractivity contribution in [2.24, 2.45) is 5.92 Å². The van der Waals surface area contributed by atoms with Crippen LogP contribution >= 0.6 is 0 Å². The van der Waals surface area contributed by atoms with E-state index in [1.54, 1.807) is 21.3 Å². The summed E-state index contributed by atoms with van der Waals surface area (Å²) in [7, 11) is 4.88. The molecule has 0 saturated carbocycles. The molecule has 0 aliphatic carbocycles. The van der Waals surface area contributed by atoms with Crippen LogP contribution in [0.4, 0.5) is 0 Å². The SMILES string of the molecule is COc1cc(CNC(C)c2ccc(CC(C)C)cc2)cc(OC)c1OC. The molecule has 0 aliphatic rings. The third-order valence-corrected chi connectivity index (χ3v) is 4.46. The Bertz CT molecular complexity index is 670. The Morgan fingerprint density at radius 1 is 0.808 bits per heavy atom. The van der Waals surface area contributed by atoms with Crippen LogP contribution < -0.4 is 19.5 Å². The van der Waals surface area contributed by atoms with Crippen LogP contribution in [0.25, 0.3) is 0 Å². The molecular formula is C22H31NO3. The first kappa shape index (κ1) is 20.1. The Kier molecular flexibility index (Phi) is 7.34. The van der Waals surface area contributed by atoms with Crippen molar-refractivity contribution in [2.75, 3.05) is 21.3 Å². The predicted octanol–water partition coefficient (Wildman–Crippen LogP) is 4.76. The zero-order valence-electron chi connectivity index (χ0n) is 16.8. The molecule has 0 saturated heterocycles.